The van der Waals surface area contributed by atoms with Gasteiger partial charge in [-0.15, -0.1) is 35.7 Å². The molecule has 0 atom stereocenters. The summed E-state index contributed by atoms with van der Waals surface area (Å²) in [5, 5.41) is 0.824. The summed E-state index contributed by atoms with van der Waals surface area (Å²) in [6, 6.07) is 20.4. The summed E-state index contributed by atoms with van der Waals surface area (Å²) in [6.07, 6.45) is 1.59. The van der Waals surface area contributed by atoms with Crippen LogP contribution in [-0.2, 0) is 21.1 Å². The van der Waals surface area contributed by atoms with Crippen molar-refractivity contribution < 1.29 is 35.4 Å². The zero-order valence-electron chi connectivity index (χ0n) is 29.3. The van der Waals surface area contributed by atoms with Crippen molar-refractivity contribution in [2.24, 2.45) is 0 Å². The van der Waals surface area contributed by atoms with Crippen LogP contribution in [0, 0.1) is 32.6 Å². The van der Waals surface area contributed by atoms with Crippen LogP contribution in [0.25, 0.3) is 39.0 Å². The van der Waals surface area contributed by atoms with Crippen molar-refractivity contribution in [2.75, 3.05) is 4.90 Å². The molecule has 0 saturated heterocycles. The van der Waals surface area contributed by atoms with Crippen LogP contribution in [0.5, 0.6) is 11.5 Å². The van der Waals surface area contributed by atoms with Crippen LogP contribution in [0.15, 0.2) is 103 Å². The molecule has 0 radical (unpaired) electrons. The molecular weight excluding hydrogens is 701 g/mol. The molecule has 6 nitrogen and oxygen atoms in total. The number of hydrogen-bond donors (Lipinski definition) is 0. The summed E-state index contributed by atoms with van der Waals surface area (Å²) in [5.41, 5.74) is 4.19. The first-order valence-electron chi connectivity index (χ1n) is 16.4. The second-order valence-electron chi connectivity index (χ2n) is 9.59. The number of hydrogen-bond acceptors (Lipinski definition) is 4. The first kappa shape index (κ1) is 19.3. The van der Waals surface area contributed by atoms with Crippen molar-refractivity contribution in [3.05, 3.63) is 133 Å². The fourth-order valence-corrected chi connectivity index (χ4v) is 5.18. The summed E-state index contributed by atoms with van der Waals surface area (Å²) >= 11 is 0. The number of aromatic nitrogens is 4. The summed E-state index contributed by atoms with van der Waals surface area (Å²) < 4.78 is 70.0. The Balaban J connectivity index is 0.00000378. The molecule has 0 spiro atoms. The van der Waals surface area contributed by atoms with Gasteiger partial charge in [-0.2, -0.15) is 12.1 Å². The fraction of sp³-hybridized carbons (Fsp3) is 0.0571. The fourth-order valence-electron chi connectivity index (χ4n) is 5.18. The maximum atomic E-state index is 8.84. The Morgan fingerprint density at radius 3 is 2.60 bits per heavy atom. The molecule has 0 aliphatic carbocycles. The van der Waals surface area contributed by atoms with Gasteiger partial charge in [0.2, 0.25) is 0 Å². The number of anilines is 2. The summed E-state index contributed by atoms with van der Waals surface area (Å²) in [7, 11) is 0. The van der Waals surface area contributed by atoms with Crippen molar-refractivity contribution in [1.29, 1.82) is 0 Å². The molecule has 3 aromatic heterocycles. The SMILES string of the molecule is [2H]c1c(Oc2[c-]c3c(cc2)c2c([2H])c([2H])c([2H])c([2H])c2n3-c2ccccn2)[c-]c(N2[CH-]n3c(nc(C)c3C)-c3ccccc32)c([2H])c1[2H].[Pt]. The molecule has 8 rings (SSSR count). The minimum Gasteiger partial charge on any atom is -0.509 e. The van der Waals surface area contributed by atoms with E-state index in [1.165, 1.54) is 0 Å². The van der Waals surface area contributed by atoms with Gasteiger partial charge < -0.3 is 23.8 Å². The van der Waals surface area contributed by atoms with Gasteiger partial charge in [-0.3, -0.25) is 0 Å². The maximum Gasteiger partial charge on any atom is 0.135 e. The van der Waals surface area contributed by atoms with E-state index < -0.39 is 0 Å². The van der Waals surface area contributed by atoms with Gasteiger partial charge in [-0.25, -0.2) is 4.98 Å². The third-order valence-electron chi connectivity index (χ3n) is 7.22. The number of para-hydroxylation sites is 2. The molecule has 208 valence electrons. The van der Waals surface area contributed by atoms with E-state index in [4.69, 9.17) is 19.3 Å². The van der Waals surface area contributed by atoms with E-state index >= 15 is 0 Å². The zero-order valence-corrected chi connectivity index (χ0v) is 24.6. The van der Waals surface area contributed by atoms with Crippen LogP contribution >= 0.6 is 0 Å². The quantitative estimate of drug-likeness (QED) is 0.172. The van der Waals surface area contributed by atoms with E-state index in [0.29, 0.717) is 22.1 Å². The molecular formula is C35H24N5OPt-3. The van der Waals surface area contributed by atoms with Crippen molar-refractivity contribution in [3.63, 3.8) is 0 Å². The molecule has 0 fully saturated rings. The monoisotopic (exact) mass is 732 g/mol. The molecule has 0 unspecified atom stereocenters. The van der Waals surface area contributed by atoms with E-state index in [2.05, 4.69) is 17.1 Å². The minimum absolute atomic E-state index is 0. The molecule has 7 heteroatoms. The molecule has 1 aliphatic rings. The standard InChI is InChI=1S/C35H24N5O.Pt/c1-23-24(2)38-22-39(31-14-5-4-13-30(31)35(38)37-23)25-10-9-11-26(20-25)41-27-17-18-29-28-12-3-6-15-32(28)40(33(29)21-27)34-16-7-8-19-36-34;/h3-19,22H,1-2H3;/q-3;/i3D,6D,9D,10D,11D,12D,15D;. The molecule has 0 amide bonds. The van der Waals surface area contributed by atoms with Gasteiger partial charge in [0.05, 0.1) is 5.48 Å². The molecule has 4 aromatic carbocycles. The molecule has 0 N–H and O–H groups in total. The van der Waals surface area contributed by atoms with Gasteiger partial charge in [0, 0.05) is 57.2 Å². The smallest absolute Gasteiger partial charge is 0.135 e. The van der Waals surface area contributed by atoms with Gasteiger partial charge in [-0.1, -0.05) is 66.2 Å². The largest absolute Gasteiger partial charge is 0.509 e. The molecule has 0 saturated carbocycles. The van der Waals surface area contributed by atoms with Gasteiger partial charge in [0.1, 0.15) is 5.82 Å². The predicted octanol–water partition coefficient (Wildman–Crippen LogP) is 8.17. The van der Waals surface area contributed by atoms with Gasteiger partial charge in [-0.05, 0) is 57.2 Å². The number of benzene rings is 4. The van der Waals surface area contributed by atoms with E-state index in [1.54, 1.807) is 52.7 Å². The van der Waals surface area contributed by atoms with E-state index in [-0.39, 0.29) is 86.1 Å². The third-order valence-corrected chi connectivity index (χ3v) is 7.22. The Hall–Kier alpha value is -4.80. The summed E-state index contributed by atoms with van der Waals surface area (Å²) in [6.45, 7) is 5.68. The number of pyridine rings is 1. The number of ether oxygens (including phenoxy) is 1. The van der Waals surface area contributed by atoms with Gasteiger partial charge in [0.15, 0.2) is 0 Å². The van der Waals surface area contributed by atoms with Gasteiger partial charge >= 0.3 is 0 Å². The zero-order chi connectivity index (χ0) is 33.6. The molecule has 4 heterocycles. The topological polar surface area (TPSA) is 48.1 Å². The van der Waals surface area contributed by atoms with Crippen LogP contribution in [0.3, 0.4) is 0 Å². The van der Waals surface area contributed by atoms with Crippen molar-refractivity contribution in [2.45, 2.75) is 13.8 Å². The Kier molecular flexibility index (Phi) is 4.71. The van der Waals surface area contributed by atoms with Crippen LogP contribution in [0.1, 0.15) is 21.0 Å². The molecule has 7 aromatic rings. The van der Waals surface area contributed by atoms with E-state index in [0.717, 1.165) is 28.5 Å². The molecule has 42 heavy (non-hydrogen) atoms. The normalized spacial score (nSPS) is 14.3. The van der Waals surface area contributed by atoms with Crippen LogP contribution in [0.4, 0.5) is 11.4 Å². The average molecular weight is 733 g/mol. The Labute approximate surface area is 267 Å². The van der Waals surface area contributed by atoms with Crippen LogP contribution < -0.4 is 9.64 Å². The number of imidazole rings is 1. The first-order chi connectivity index (χ1) is 23.1. The number of aryl methyl sites for hydroxylation is 1. The predicted molar refractivity (Wildman–Crippen MR) is 162 cm³/mol. The minimum atomic E-state index is -0.368. The third kappa shape index (κ3) is 4.10. The summed E-state index contributed by atoms with van der Waals surface area (Å²) in [4.78, 5) is 10.9. The van der Waals surface area contributed by atoms with Crippen LogP contribution in [0.2, 0.25) is 0 Å². The first-order valence-corrected chi connectivity index (χ1v) is 12.9. The second kappa shape index (κ2) is 10.2. The average Bonchev–Trinajstić information content (AvgIpc) is 3.60. The van der Waals surface area contributed by atoms with Crippen molar-refractivity contribution >= 4 is 33.2 Å². The second-order valence-corrected chi connectivity index (χ2v) is 9.59. The van der Waals surface area contributed by atoms with Crippen LogP contribution in [-0.4, -0.2) is 19.1 Å². The maximum absolute atomic E-state index is 8.84. The van der Waals surface area contributed by atoms with Gasteiger partial charge in [0.25, 0.3) is 0 Å². The van der Waals surface area contributed by atoms with Crippen molar-refractivity contribution in [3.8, 4) is 28.7 Å². The Morgan fingerprint density at radius 2 is 1.71 bits per heavy atom. The number of rotatable bonds is 4. The number of nitrogens with zero attached hydrogens (tertiary/aromatic N) is 5. The van der Waals surface area contributed by atoms with Crippen molar-refractivity contribution in [1.82, 2.24) is 19.1 Å². The summed E-state index contributed by atoms with van der Waals surface area (Å²) in [5.74, 6) is 1.23. The number of fused-ring (bicyclic) bond motifs is 6. The Bertz CT molecular complexity index is 2480. The Morgan fingerprint density at radius 1 is 0.857 bits per heavy atom. The molecule has 1 aliphatic heterocycles. The van der Waals surface area contributed by atoms with E-state index in [9.17, 15) is 0 Å². The van der Waals surface area contributed by atoms with E-state index in [1.807, 2.05) is 42.7 Å². The molecule has 0 bridgehead atoms.